The maximum absolute atomic E-state index is 2.99. The molecule has 6 aromatic rings. The first-order valence-electron chi connectivity index (χ1n) is 21.9. The van der Waals surface area contributed by atoms with Gasteiger partial charge in [0.2, 0.25) is 0 Å². The summed E-state index contributed by atoms with van der Waals surface area (Å²) in [5, 5.41) is 3.37. The number of aryl methyl sites for hydroxylation is 2. The molecule has 0 N–H and O–H groups in total. The van der Waals surface area contributed by atoms with E-state index >= 15 is 0 Å². The van der Waals surface area contributed by atoms with Crippen molar-refractivity contribution in [1.29, 1.82) is 0 Å². The van der Waals surface area contributed by atoms with Crippen LogP contribution in [-0.2, 0) is 34.6 Å². The van der Waals surface area contributed by atoms with Crippen molar-refractivity contribution in [2.45, 2.75) is 88.3 Å². The van der Waals surface area contributed by atoms with Crippen molar-refractivity contribution in [1.82, 2.24) is 0 Å². The van der Waals surface area contributed by atoms with Crippen molar-refractivity contribution < 1.29 is 21.8 Å². The first-order valence-corrected chi connectivity index (χ1v) is 27.4. The van der Waals surface area contributed by atoms with Gasteiger partial charge in [-0.25, -0.2) is 0 Å². The predicted octanol–water partition coefficient (Wildman–Crippen LogP) is 12.6. The zero-order valence-corrected chi connectivity index (χ0v) is 39.8. The van der Waals surface area contributed by atoms with Crippen molar-refractivity contribution in [3.63, 3.8) is 0 Å². The first kappa shape index (κ1) is 39.4. The molecule has 0 radical (unpaired) electrons. The Morgan fingerprint density at radius 2 is 0.897 bits per heavy atom. The van der Waals surface area contributed by atoms with Gasteiger partial charge in [-0.1, -0.05) is 0 Å². The molecule has 0 bridgehead atoms. The van der Waals surface area contributed by atoms with E-state index in [-0.39, 0.29) is 10.8 Å². The van der Waals surface area contributed by atoms with E-state index in [0.717, 1.165) is 25.7 Å². The van der Waals surface area contributed by atoms with Gasteiger partial charge in [0.25, 0.3) is 0 Å². The summed E-state index contributed by atoms with van der Waals surface area (Å²) in [6.07, 6.45) is 9.89. The molecule has 2 aliphatic carbocycles. The molecule has 0 nitrogen and oxygen atoms in total. The van der Waals surface area contributed by atoms with Crippen molar-refractivity contribution in [2.75, 3.05) is 0 Å². The average molecular weight is 851 g/mol. The number of hydrogen-bond acceptors (Lipinski definition) is 0. The molecule has 58 heavy (non-hydrogen) atoms. The topological polar surface area (TPSA) is 0 Å². The summed E-state index contributed by atoms with van der Waals surface area (Å²) < 4.78 is 2.60. The molecule has 1 heterocycles. The normalized spacial score (nSPS) is 17.1. The van der Waals surface area contributed by atoms with E-state index in [1.54, 1.807) is 35.9 Å². The molecule has 0 amide bonds. The molecule has 3 aliphatic rings. The standard InChI is InChI=1S/2C22H25.C12H9Si.Zr/c2*1-5-9-16-10-6-7-12-19(16)20-13-8-11-17-14-18(15-21(17)20)22(2,3)4;1-3-7-11-9(5-1)10-6-2-4-8-12(10)13-11;/h2*6-8,10-15H,5,9H2,1-4H3;1-7H,13H2;. The van der Waals surface area contributed by atoms with Gasteiger partial charge in [-0.3, -0.25) is 0 Å². The van der Waals surface area contributed by atoms with Gasteiger partial charge in [-0.2, -0.15) is 0 Å². The average Bonchev–Trinajstić information content (AvgIpc) is 3.92. The molecular formula is C56H59SiZr. The third kappa shape index (κ3) is 6.77. The summed E-state index contributed by atoms with van der Waals surface area (Å²) in [6.45, 7) is 19.6. The summed E-state index contributed by atoms with van der Waals surface area (Å²) in [4.78, 5) is 0. The van der Waals surface area contributed by atoms with Gasteiger partial charge in [0, 0.05) is 0 Å². The van der Waals surface area contributed by atoms with Gasteiger partial charge in [0.1, 0.15) is 0 Å². The molecule has 9 rings (SSSR count). The molecule has 2 unspecified atom stereocenters. The van der Waals surface area contributed by atoms with Crippen LogP contribution >= 0.6 is 0 Å². The number of rotatable bonds is 9. The molecule has 2 atom stereocenters. The summed E-state index contributed by atoms with van der Waals surface area (Å²) in [5.41, 5.74) is 21.1. The second-order valence-corrected chi connectivity index (χ2v) is 27.3. The van der Waals surface area contributed by atoms with E-state index in [2.05, 4.69) is 195 Å². The molecule has 2 heteroatoms. The van der Waals surface area contributed by atoms with Crippen LogP contribution < -0.4 is 13.6 Å². The van der Waals surface area contributed by atoms with Crippen molar-refractivity contribution in [3.8, 4) is 33.4 Å². The Morgan fingerprint density at radius 3 is 1.40 bits per heavy atom. The van der Waals surface area contributed by atoms with Crippen LogP contribution in [0.1, 0.15) is 109 Å². The Morgan fingerprint density at radius 1 is 0.466 bits per heavy atom. The molecule has 291 valence electrons. The van der Waals surface area contributed by atoms with Gasteiger partial charge in [0.15, 0.2) is 0 Å². The number of benzene rings is 6. The molecule has 0 aromatic heterocycles. The summed E-state index contributed by atoms with van der Waals surface area (Å²) >= 11 is -2.99. The van der Waals surface area contributed by atoms with E-state index in [4.69, 9.17) is 0 Å². The number of hydrogen-bond donors (Lipinski definition) is 0. The Kier molecular flexibility index (Phi) is 10.5. The molecule has 0 spiro atoms. The van der Waals surface area contributed by atoms with Gasteiger partial charge in [0.05, 0.1) is 0 Å². The molecule has 0 saturated heterocycles. The fraction of sp³-hybridized carbons (Fsp3) is 0.286. The van der Waals surface area contributed by atoms with Crippen LogP contribution in [0.5, 0.6) is 0 Å². The van der Waals surface area contributed by atoms with Crippen LogP contribution in [0, 0.1) is 10.8 Å². The van der Waals surface area contributed by atoms with Gasteiger partial charge in [-0.05, 0) is 0 Å². The SMILES string of the molecule is CCCc1ccccc1-c1cccc2c1C=C(C(C)(C)C)[CH]2[Zr]([c]1cccc2c1[SiH2]c1ccccc1-2)[CH]1C(C(C)(C)C)=Cc2c(-c3ccccc3CCC)cccc21. The van der Waals surface area contributed by atoms with E-state index in [1.165, 1.54) is 55.6 Å². The van der Waals surface area contributed by atoms with Crippen LogP contribution in [0.15, 0.2) is 139 Å². The Labute approximate surface area is 359 Å². The fourth-order valence-electron chi connectivity index (χ4n) is 10.7. The van der Waals surface area contributed by atoms with Crippen molar-refractivity contribution >= 4 is 35.3 Å². The quantitative estimate of drug-likeness (QED) is 0.127. The molecule has 0 fully saturated rings. The summed E-state index contributed by atoms with van der Waals surface area (Å²) in [6, 6.07) is 50.1. The van der Waals surface area contributed by atoms with E-state index in [1.807, 2.05) is 0 Å². The third-order valence-electron chi connectivity index (χ3n) is 13.3. The number of allylic oxidation sites excluding steroid dienone is 2. The van der Waals surface area contributed by atoms with E-state index in [0.29, 0.717) is 7.25 Å². The Balaban J connectivity index is 1.34. The van der Waals surface area contributed by atoms with Crippen LogP contribution in [0.25, 0.3) is 45.5 Å². The minimum absolute atomic E-state index is 0.0159. The fourth-order valence-corrected chi connectivity index (χ4v) is 25.8. The maximum atomic E-state index is 2.70. The second-order valence-electron chi connectivity index (χ2n) is 19.1. The van der Waals surface area contributed by atoms with Crippen LogP contribution in [0.4, 0.5) is 0 Å². The molecular weight excluding hydrogens is 792 g/mol. The summed E-state index contributed by atoms with van der Waals surface area (Å²) in [7, 11) is -0.651. The predicted molar refractivity (Wildman–Crippen MR) is 251 cm³/mol. The second kappa shape index (κ2) is 15.5. The first-order chi connectivity index (χ1) is 28.0. The Hall–Kier alpha value is -4.10. The van der Waals surface area contributed by atoms with Gasteiger partial charge in [-0.15, -0.1) is 0 Å². The van der Waals surface area contributed by atoms with Crippen LogP contribution in [0.3, 0.4) is 0 Å². The molecule has 0 saturated carbocycles. The van der Waals surface area contributed by atoms with Gasteiger partial charge >= 0.3 is 362 Å². The monoisotopic (exact) mass is 849 g/mol. The zero-order valence-electron chi connectivity index (χ0n) is 36.0. The molecule has 1 aliphatic heterocycles. The zero-order chi connectivity index (χ0) is 40.3. The minimum atomic E-state index is -2.99. The van der Waals surface area contributed by atoms with Crippen LogP contribution in [0.2, 0.25) is 0 Å². The number of fused-ring (bicyclic) bond motifs is 5. The summed E-state index contributed by atoms with van der Waals surface area (Å²) in [5.74, 6) is 0. The van der Waals surface area contributed by atoms with Gasteiger partial charge < -0.3 is 0 Å². The van der Waals surface area contributed by atoms with Crippen LogP contribution in [-0.4, -0.2) is 9.52 Å². The molecule has 6 aromatic carbocycles. The van der Waals surface area contributed by atoms with E-state index < -0.39 is 31.3 Å². The Bertz CT molecular complexity index is 2470. The van der Waals surface area contributed by atoms with Crippen molar-refractivity contribution in [3.05, 3.63) is 172 Å². The third-order valence-corrected chi connectivity index (χ3v) is 25.1. The van der Waals surface area contributed by atoms with E-state index in [9.17, 15) is 0 Å². The van der Waals surface area contributed by atoms with Crippen molar-refractivity contribution in [2.24, 2.45) is 10.8 Å².